The van der Waals surface area contributed by atoms with Crippen molar-refractivity contribution in [2.24, 2.45) is 0 Å². The topological polar surface area (TPSA) is 60.2 Å². The Morgan fingerprint density at radius 2 is 2.11 bits per heavy atom. The highest BCUT2D eigenvalue weighted by molar-refractivity contribution is 5.53. The molecular weight excluding hydrogens is 242 g/mol. The van der Waals surface area contributed by atoms with E-state index in [-0.39, 0.29) is 12.0 Å². The van der Waals surface area contributed by atoms with Gasteiger partial charge in [0, 0.05) is 11.6 Å². The van der Waals surface area contributed by atoms with Crippen LogP contribution in [0.25, 0.3) is 11.4 Å². The molecule has 1 aliphatic rings. The van der Waals surface area contributed by atoms with Crippen LogP contribution in [0.5, 0.6) is 0 Å². The monoisotopic (exact) mass is 259 g/mol. The van der Waals surface area contributed by atoms with Crippen molar-refractivity contribution in [1.82, 2.24) is 15.5 Å². The molecule has 1 N–H and O–H groups in total. The Balaban J connectivity index is 1.81. The van der Waals surface area contributed by atoms with Gasteiger partial charge in [0.15, 0.2) is 0 Å². The molecule has 1 aliphatic heterocycles. The first-order chi connectivity index (χ1) is 9.38. The normalized spacial score (nSPS) is 22.8. The second-order valence-corrected chi connectivity index (χ2v) is 4.63. The second kappa shape index (κ2) is 5.50. The van der Waals surface area contributed by atoms with Crippen LogP contribution in [0, 0.1) is 0 Å². The fourth-order valence-corrected chi connectivity index (χ4v) is 2.35. The van der Waals surface area contributed by atoms with E-state index >= 15 is 0 Å². The standard InChI is InChI=1S/C14H17N3O2/c1-2-15-12-9-18-8-11(12)14-16-13(17-19-14)10-6-4-3-5-7-10/h3-7,11-12,15H,2,8-9H2,1H3. The molecule has 0 bridgehead atoms. The molecule has 19 heavy (non-hydrogen) atoms. The number of aromatic nitrogens is 2. The van der Waals surface area contributed by atoms with Crippen molar-refractivity contribution < 1.29 is 9.26 Å². The number of hydrogen-bond acceptors (Lipinski definition) is 5. The van der Waals surface area contributed by atoms with Crippen LogP contribution in [-0.2, 0) is 4.74 Å². The van der Waals surface area contributed by atoms with Crippen LogP contribution < -0.4 is 5.32 Å². The van der Waals surface area contributed by atoms with Crippen LogP contribution in [0.15, 0.2) is 34.9 Å². The number of likely N-dealkylation sites (N-methyl/N-ethyl adjacent to an activating group) is 1. The van der Waals surface area contributed by atoms with E-state index in [0.29, 0.717) is 24.9 Å². The Labute approximate surface area is 112 Å². The van der Waals surface area contributed by atoms with Crippen LogP contribution in [0.4, 0.5) is 0 Å². The molecule has 0 saturated carbocycles. The molecule has 0 radical (unpaired) electrons. The molecule has 1 aromatic carbocycles. The van der Waals surface area contributed by atoms with Gasteiger partial charge in [0.1, 0.15) is 0 Å². The zero-order chi connectivity index (χ0) is 13.1. The van der Waals surface area contributed by atoms with E-state index in [2.05, 4.69) is 22.4 Å². The third-order valence-corrected chi connectivity index (χ3v) is 3.34. The lowest BCUT2D eigenvalue weighted by molar-refractivity contribution is 0.185. The summed E-state index contributed by atoms with van der Waals surface area (Å²) in [5.41, 5.74) is 0.969. The first-order valence-electron chi connectivity index (χ1n) is 6.58. The lowest BCUT2D eigenvalue weighted by Gasteiger charge is -2.13. The number of hydrogen-bond donors (Lipinski definition) is 1. The summed E-state index contributed by atoms with van der Waals surface area (Å²) in [5, 5.41) is 7.45. The summed E-state index contributed by atoms with van der Waals surface area (Å²) in [6, 6.07) is 10.1. The molecule has 0 spiro atoms. The van der Waals surface area contributed by atoms with Crippen LogP contribution in [0.3, 0.4) is 0 Å². The summed E-state index contributed by atoms with van der Waals surface area (Å²) >= 11 is 0. The smallest absolute Gasteiger partial charge is 0.234 e. The fraction of sp³-hybridized carbons (Fsp3) is 0.429. The SMILES string of the molecule is CCNC1COCC1c1nc(-c2ccccc2)no1. The highest BCUT2D eigenvalue weighted by Gasteiger charge is 2.33. The quantitative estimate of drug-likeness (QED) is 0.907. The number of rotatable bonds is 4. The van der Waals surface area contributed by atoms with E-state index in [1.54, 1.807) is 0 Å². The number of ether oxygens (including phenoxy) is 1. The Bertz CT molecular complexity index is 526. The largest absolute Gasteiger partial charge is 0.379 e. The third kappa shape index (κ3) is 2.52. The predicted octanol–water partition coefficient (Wildman–Crippen LogP) is 1.83. The average Bonchev–Trinajstić information content (AvgIpc) is 3.08. The van der Waals surface area contributed by atoms with Gasteiger partial charge in [-0.15, -0.1) is 0 Å². The molecule has 1 aromatic heterocycles. The highest BCUT2D eigenvalue weighted by atomic mass is 16.5. The Hall–Kier alpha value is -1.72. The molecule has 2 aromatic rings. The van der Waals surface area contributed by atoms with Gasteiger partial charge in [-0.05, 0) is 6.54 Å². The van der Waals surface area contributed by atoms with Gasteiger partial charge in [-0.25, -0.2) is 0 Å². The highest BCUT2D eigenvalue weighted by Crippen LogP contribution is 2.26. The zero-order valence-electron chi connectivity index (χ0n) is 10.9. The van der Waals surface area contributed by atoms with Gasteiger partial charge >= 0.3 is 0 Å². The van der Waals surface area contributed by atoms with Crippen molar-refractivity contribution in [1.29, 1.82) is 0 Å². The summed E-state index contributed by atoms with van der Waals surface area (Å²) in [6.45, 7) is 4.32. The first-order valence-corrected chi connectivity index (χ1v) is 6.58. The van der Waals surface area contributed by atoms with E-state index < -0.39 is 0 Å². The average molecular weight is 259 g/mol. The minimum absolute atomic E-state index is 0.143. The summed E-state index contributed by atoms with van der Waals surface area (Å²) in [7, 11) is 0. The molecule has 5 heteroatoms. The van der Waals surface area contributed by atoms with Gasteiger partial charge in [0.05, 0.1) is 19.1 Å². The van der Waals surface area contributed by atoms with Gasteiger partial charge in [-0.1, -0.05) is 42.4 Å². The number of nitrogens with one attached hydrogen (secondary N) is 1. The van der Waals surface area contributed by atoms with Gasteiger partial charge in [-0.3, -0.25) is 0 Å². The lowest BCUT2D eigenvalue weighted by atomic mass is 10.0. The molecular formula is C14H17N3O2. The maximum absolute atomic E-state index is 5.50. The summed E-state index contributed by atoms with van der Waals surface area (Å²) in [5.74, 6) is 1.44. The van der Waals surface area contributed by atoms with Crippen LogP contribution in [-0.4, -0.2) is 35.9 Å². The van der Waals surface area contributed by atoms with Gasteiger partial charge in [0.2, 0.25) is 11.7 Å². The van der Waals surface area contributed by atoms with E-state index in [0.717, 1.165) is 12.1 Å². The lowest BCUT2D eigenvalue weighted by Crippen LogP contribution is -2.34. The maximum atomic E-state index is 5.50. The Morgan fingerprint density at radius 3 is 2.89 bits per heavy atom. The minimum atomic E-state index is 0.143. The molecule has 0 amide bonds. The molecule has 3 rings (SSSR count). The van der Waals surface area contributed by atoms with E-state index in [9.17, 15) is 0 Å². The van der Waals surface area contributed by atoms with Gasteiger partial charge < -0.3 is 14.6 Å². The second-order valence-electron chi connectivity index (χ2n) is 4.63. The maximum Gasteiger partial charge on any atom is 0.234 e. The molecule has 1 saturated heterocycles. The zero-order valence-corrected chi connectivity index (χ0v) is 10.9. The molecule has 2 atom stereocenters. The van der Waals surface area contributed by atoms with Crippen molar-refractivity contribution in [2.45, 2.75) is 18.9 Å². The molecule has 2 heterocycles. The van der Waals surface area contributed by atoms with Crippen molar-refractivity contribution in [2.75, 3.05) is 19.8 Å². The Kier molecular flexibility index (Phi) is 3.57. The van der Waals surface area contributed by atoms with E-state index in [1.165, 1.54) is 0 Å². The van der Waals surface area contributed by atoms with Crippen LogP contribution >= 0.6 is 0 Å². The summed E-state index contributed by atoms with van der Waals surface area (Å²) in [6.07, 6.45) is 0. The van der Waals surface area contributed by atoms with Crippen molar-refractivity contribution in [3.63, 3.8) is 0 Å². The van der Waals surface area contributed by atoms with Crippen molar-refractivity contribution >= 4 is 0 Å². The third-order valence-electron chi connectivity index (χ3n) is 3.34. The summed E-state index contributed by atoms with van der Waals surface area (Å²) in [4.78, 5) is 4.50. The van der Waals surface area contributed by atoms with Crippen LogP contribution in [0.1, 0.15) is 18.7 Å². The van der Waals surface area contributed by atoms with Crippen LogP contribution in [0.2, 0.25) is 0 Å². The molecule has 5 nitrogen and oxygen atoms in total. The molecule has 1 fully saturated rings. The molecule has 2 unspecified atom stereocenters. The number of nitrogens with zero attached hydrogens (tertiary/aromatic N) is 2. The number of benzene rings is 1. The van der Waals surface area contributed by atoms with Crippen molar-refractivity contribution in [3.8, 4) is 11.4 Å². The summed E-state index contributed by atoms with van der Waals surface area (Å²) < 4.78 is 10.9. The minimum Gasteiger partial charge on any atom is -0.379 e. The van der Waals surface area contributed by atoms with E-state index in [4.69, 9.17) is 9.26 Å². The first kappa shape index (κ1) is 12.3. The van der Waals surface area contributed by atoms with Gasteiger partial charge in [-0.2, -0.15) is 4.98 Å². The Morgan fingerprint density at radius 1 is 1.26 bits per heavy atom. The fourth-order valence-electron chi connectivity index (χ4n) is 2.35. The van der Waals surface area contributed by atoms with Crippen molar-refractivity contribution in [3.05, 3.63) is 36.2 Å². The van der Waals surface area contributed by atoms with E-state index in [1.807, 2.05) is 30.3 Å². The van der Waals surface area contributed by atoms with Gasteiger partial charge in [0.25, 0.3) is 0 Å². The molecule has 0 aliphatic carbocycles. The predicted molar refractivity (Wildman–Crippen MR) is 70.8 cm³/mol. The molecule has 100 valence electrons.